The van der Waals surface area contributed by atoms with Gasteiger partial charge >= 0.3 is 7.75 Å². The molecule has 7 heteroatoms. The highest BCUT2D eigenvalue weighted by Gasteiger charge is 2.42. The van der Waals surface area contributed by atoms with Crippen molar-refractivity contribution in [3.63, 3.8) is 0 Å². The third kappa shape index (κ3) is 3.41. The molecule has 2 aliphatic rings. The molecule has 30 heavy (non-hydrogen) atoms. The number of fused-ring (bicyclic) bond motifs is 5. The number of pyridine rings is 1. The first-order valence-corrected chi connectivity index (χ1v) is 11.6. The lowest BCUT2D eigenvalue weighted by atomic mass is 9.96. The van der Waals surface area contributed by atoms with E-state index >= 15 is 0 Å². The molecule has 0 N–H and O–H groups in total. The molecule has 2 unspecified atom stereocenters. The smallest absolute Gasteiger partial charge is 0.413 e. The van der Waals surface area contributed by atoms with Crippen LogP contribution in [0.3, 0.4) is 0 Å². The summed E-state index contributed by atoms with van der Waals surface area (Å²) in [6, 6.07) is 21.8. The number of aromatic nitrogens is 1. The zero-order valence-corrected chi connectivity index (χ0v) is 17.7. The highest BCUT2D eigenvalue weighted by Crippen LogP contribution is 2.53. The first-order valence-electron chi connectivity index (χ1n) is 10.1. The van der Waals surface area contributed by atoms with Crippen molar-refractivity contribution in [3.8, 4) is 5.75 Å². The lowest BCUT2D eigenvalue weighted by Gasteiger charge is -2.43. The number of para-hydroxylation sites is 1. The highest BCUT2D eigenvalue weighted by molar-refractivity contribution is 7.51. The number of rotatable bonds is 4. The number of nitrogens with zero attached hydrogens (tertiary/aromatic N) is 3. The normalized spacial score (nSPS) is 20.3. The number of anilines is 1. The summed E-state index contributed by atoms with van der Waals surface area (Å²) in [6.07, 6.45) is 2.69. The van der Waals surface area contributed by atoms with E-state index in [1.165, 1.54) is 23.8 Å². The Labute approximate surface area is 176 Å². The summed E-state index contributed by atoms with van der Waals surface area (Å²) >= 11 is 0. The Morgan fingerprint density at radius 2 is 1.73 bits per heavy atom. The number of hydrogen-bond acceptors (Lipinski definition) is 5. The molecule has 0 radical (unpaired) electrons. The largest absolute Gasteiger partial charge is 0.461 e. The van der Waals surface area contributed by atoms with Gasteiger partial charge in [-0.25, -0.2) is 9.55 Å². The van der Waals surface area contributed by atoms with Gasteiger partial charge in [0.25, 0.3) is 0 Å². The molecule has 0 bridgehead atoms. The van der Waals surface area contributed by atoms with Crippen LogP contribution in [0, 0.1) is 0 Å². The molecule has 3 heterocycles. The molecule has 2 aromatic carbocycles. The molecule has 6 nitrogen and oxygen atoms in total. The summed E-state index contributed by atoms with van der Waals surface area (Å²) in [5.41, 5.74) is 3.73. The van der Waals surface area contributed by atoms with Gasteiger partial charge in [0, 0.05) is 39.4 Å². The fourth-order valence-corrected chi connectivity index (χ4v) is 5.89. The molecule has 0 aliphatic carbocycles. The third-order valence-corrected chi connectivity index (χ3v) is 7.79. The topological polar surface area (TPSA) is 54.9 Å². The lowest BCUT2D eigenvalue weighted by Crippen LogP contribution is -2.48. The van der Waals surface area contributed by atoms with E-state index in [1.54, 1.807) is 12.1 Å². The summed E-state index contributed by atoms with van der Waals surface area (Å²) in [7, 11) is -2.03. The molecule has 2 aliphatic heterocycles. The van der Waals surface area contributed by atoms with E-state index in [9.17, 15) is 4.57 Å². The molecule has 5 rings (SSSR count). The van der Waals surface area contributed by atoms with Crippen LogP contribution in [0.5, 0.6) is 5.75 Å². The number of hydrogen-bond donors (Lipinski definition) is 0. The molecule has 154 valence electrons. The first-order chi connectivity index (χ1) is 14.7. The molecule has 1 fully saturated rings. The van der Waals surface area contributed by atoms with Gasteiger partial charge in [-0.05, 0) is 34.9 Å². The van der Waals surface area contributed by atoms with Crippen molar-refractivity contribution < 1.29 is 13.6 Å². The van der Waals surface area contributed by atoms with Gasteiger partial charge in [0.2, 0.25) is 0 Å². The van der Waals surface area contributed by atoms with Crippen LogP contribution in [-0.4, -0.2) is 36.4 Å². The van der Waals surface area contributed by atoms with Crippen LogP contribution < -0.4 is 9.42 Å². The van der Waals surface area contributed by atoms with Gasteiger partial charge < -0.3 is 9.42 Å². The van der Waals surface area contributed by atoms with E-state index in [-0.39, 0.29) is 6.04 Å². The van der Waals surface area contributed by atoms with Crippen molar-refractivity contribution in [1.82, 2.24) is 9.65 Å². The number of piperazine rings is 1. The van der Waals surface area contributed by atoms with Crippen LogP contribution in [0.25, 0.3) is 0 Å². The van der Waals surface area contributed by atoms with Crippen molar-refractivity contribution >= 4 is 13.6 Å². The fourth-order valence-electron chi connectivity index (χ4n) is 4.39. The highest BCUT2D eigenvalue weighted by atomic mass is 31.2. The van der Waals surface area contributed by atoms with Gasteiger partial charge in [0.15, 0.2) is 0 Å². The molecule has 1 saturated heterocycles. The van der Waals surface area contributed by atoms with Gasteiger partial charge in [-0.1, -0.05) is 48.5 Å². The zero-order valence-electron chi connectivity index (χ0n) is 16.8. The first kappa shape index (κ1) is 19.3. The van der Waals surface area contributed by atoms with E-state index in [2.05, 4.69) is 35.2 Å². The summed E-state index contributed by atoms with van der Waals surface area (Å²) in [4.78, 5) is 7.03. The van der Waals surface area contributed by atoms with E-state index in [4.69, 9.17) is 14.0 Å². The van der Waals surface area contributed by atoms with Gasteiger partial charge in [0.05, 0.1) is 6.04 Å². The van der Waals surface area contributed by atoms with Crippen LogP contribution >= 0.6 is 7.75 Å². The van der Waals surface area contributed by atoms with Gasteiger partial charge in [0.1, 0.15) is 11.6 Å². The predicted molar refractivity (Wildman–Crippen MR) is 117 cm³/mol. The van der Waals surface area contributed by atoms with E-state index in [0.29, 0.717) is 25.4 Å². The van der Waals surface area contributed by atoms with E-state index in [1.807, 2.05) is 35.1 Å². The average Bonchev–Trinajstić information content (AvgIpc) is 2.94. The monoisotopic (exact) mass is 421 g/mol. The Bertz CT molecular complexity index is 1090. The summed E-state index contributed by atoms with van der Waals surface area (Å²) in [5.74, 6) is 1.55. The van der Waals surface area contributed by atoms with Crippen LogP contribution in [0.2, 0.25) is 0 Å². The maximum atomic E-state index is 13.7. The van der Waals surface area contributed by atoms with Crippen LogP contribution in [0.15, 0.2) is 72.9 Å². The van der Waals surface area contributed by atoms with E-state index in [0.717, 1.165) is 12.2 Å². The molecule has 0 spiro atoms. The Kier molecular flexibility index (Phi) is 5.07. The number of benzene rings is 2. The predicted octanol–water partition coefficient (Wildman–Crippen LogP) is 4.68. The lowest BCUT2D eigenvalue weighted by molar-refractivity contribution is 0.221. The minimum Gasteiger partial charge on any atom is -0.413 e. The van der Waals surface area contributed by atoms with Gasteiger partial charge in [-0.3, -0.25) is 4.52 Å². The van der Waals surface area contributed by atoms with Crippen molar-refractivity contribution in [2.45, 2.75) is 12.5 Å². The fraction of sp³-hybridized carbons (Fsp3) is 0.261. The maximum absolute atomic E-state index is 13.7. The second kappa shape index (κ2) is 7.88. The SMILES string of the molecule is COP(=O)(Oc1ccccc1)N1CCN2c3ncccc3Cc3ccccc3C2C1. The van der Waals surface area contributed by atoms with Crippen molar-refractivity contribution in [3.05, 3.63) is 89.6 Å². The molecule has 2 atom stereocenters. The molecular formula is C23H24N3O3P. The van der Waals surface area contributed by atoms with Crippen LogP contribution in [0.4, 0.5) is 5.82 Å². The second-order valence-electron chi connectivity index (χ2n) is 7.54. The second-order valence-corrected chi connectivity index (χ2v) is 9.59. The average molecular weight is 421 g/mol. The zero-order chi connectivity index (χ0) is 20.6. The summed E-state index contributed by atoms with van der Waals surface area (Å²) < 4.78 is 26.9. The van der Waals surface area contributed by atoms with Crippen LogP contribution in [0.1, 0.15) is 22.7 Å². The summed E-state index contributed by atoms with van der Waals surface area (Å²) in [6.45, 7) is 1.78. The van der Waals surface area contributed by atoms with Crippen LogP contribution in [-0.2, 0) is 15.5 Å². The molecule has 1 aromatic heterocycles. The minimum atomic E-state index is -3.49. The molecule has 0 amide bonds. The van der Waals surface area contributed by atoms with Crippen molar-refractivity contribution in [2.75, 3.05) is 31.6 Å². The quantitative estimate of drug-likeness (QED) is 0.570. The third-order valence-electron chi connectivity index (χ3n) is 5.83. The molecular weight excluding hydrogens is 397 g/mol. The minimum absolute atomic E-state index is 0.0222. The Morgan fingerprint density at radius 1 is 0.967 bits per heavy atom. The summed E-state index contributed by atoms with van der Waals surface area (Å²) in [5, 5.41) is 0. The molecule has 0 saturated carbocycles. The standard InChI is InChI=1S/C23H24N3O3P/c1-28-30(27,29-20-10-3-2-4-11-20)25-14-15-26-22(17-25)21-12-6-5-8-18(21)16-19-9-7-13-24-23(19)26/h2-13,22H,14-17H2,1H3. The van der Waals surface area contributed by atoms with Crippen molar-refractivity contribution in [1.29, 1.82) is 0 Å². The maximum Gasteiger partial charge on any atom is 0.461 e. The van der Waals surface area contributed by atoms with Crippen molar-refractivity contribution in [2.24, 2.45) is 0 Å². The Balaban J connectivity index is 1.51. The van der Waals surface area contributed by atoms with Gasteiger partial charge in [-0.2, -0.15) is 4.67 Å². The Morgan fingerprint density at radius 3 is 2.57 bits per heavy atom. The molecule has 3 aromatic rings. The van der Waals surface area contributed by atoms with E-state index < -0.39 is 7.75 Å². The van der Waals surface area contributed by atoms with Gasteiger partial charge in [-0.15, -0.1) is 0 Å². The Hall–Kier alpha value is -2.66.